The van der Waals surface area contributed by atoms with Crippen molar-refractivity contribution in [3.05, 3.63) is 30.0 Å². The minimum atomic E-state index is -0.443. The number of hydrogen-bond donors (Lipinski definition) is 2. The number of aryl methyl sites for hydroxylation is 1. The fourth-order valence-corrected chi connectivity index (χ4v) is 7.20. The van der Waals surface area contributed by atoms with Gasteiger partial charge < -0.3 is 15.3 Å². The van der Waals surface area contributed by atoms with E-state index in [2.05, 4.69) is 16.3 Å². The fourth-order valence-electron chi connectivity index (χ4n) is 7.20. The maximum Gasteiger partial charge on any atom is 0.226 e. The minimum absolute atomic E-state index is 0.0677. The molecule has 5 aliphatic rings. The Morgan fingerprint density at radius 3 is 2.52 bits per heavy atom. The van der Waals surface area contributed by atoms with E-state index < -0.39 is 5.60 Å². The van der Waals surface area contributed by atoms with Crippen molar-refractivity contribution in [1.29, 1.82) is 0 Å². The Balaban J connectivity index is 1.10. The molecule has 4 aliphatic carbocycles. The average molecular weight is 421 g/mol. The van der Waals surface area contributed by atoms with Gasteiger partial charge in [-0.2, -0.15) is 0 Å². The monoisotopic (exact) mass is 420 g/mol. The van der Waals surface area contributed by atoms with Gasteiger partial charge in [0.1, 0.15) is 0 Å². The lowest BCUT2D eigenvalue weighted by Gasteiger charge is -2.58. The molecule has 2 aromatic rings. The van der Waals surface area contributed by atoms with Crippen LogP contribution in [0.5, 0.6) is 0 Å². The summed E-state index contributed by atoms with van der Waals surface area (Å²) in [4.78, 5) is 24.8. The Hall–Kier alpha value is -2.21. The summed E-state index contributed by atoms with van der Waals surface area (Å²) in [7, 11) is 0. The molecule has 4 saturated carbocycles. The first kappa shape index (κ1) is 19.5. The molecule has 2 N–H and O–H groups in total. The molecule has 164 valence electrons. The zero-order chi connectivity index (χ0) is 21.2. The zero-order valence-electron chi connectivity index (χ0n) is 18.3. The molecule has 2 atom stereocenters. The summed E-state index contributed by atoms with van der Waals surface area (Å²) in [6.45, 7) is 3.67. The van der Waals surface area contributed by atoms with E-state index in [0.717, 1.165) is 67.7 Å². The highest BCUT2D eigenvalue weighted by atomic mass is 16.3. The molecule has 0 unspecified atom stereocenters. The first-order valence-electron chi connectivity index (χ1n) is 12.0. The van der Waals surface area contributed by atoms with Gasteiger partial charge in [-0.15, -0.1) is 0 Å². The van der Waals surface area contributed by atoms with E-state index in [-0.39, 0.29) is 17.9 Å². The van der Waals surface area contributed by atoms with Gasteiger partial charge in [-0.05, 0) is 75.7 Å². The van der Waals surface area contributed by atoms with Crippen molar-refractivity contribution in [2.24, 2.45) is 23.7 Å². The number of amides is 1. The van der Waals surface area contributed by atoms with Crippen molar-refractivity contribution in [2.45, 2.75) is 63.5 Å². The Kier molecular flexibility index (Phi) is 4.50. The highest BCUT2D eigenvalue weighted by molar-refractivity contribution is 5.82. The predicted octanol–water partition coefficient (Wildman–Crippen LogP) is 3.21. The lowest BCUT2D eigenvalue weighted by molar-refractivity contribution is -0.148. The summed E-state index contributed by atoms with van der Waals surface area (Å²) in [5.74, 6) is 2.68. The van der Waals surface area contributed by atoms with Gasteiger partial charge >= 0.3 is 0 Å². The Bertz CT molecular complexity index is 1000. The quantitative estimate of drug-likeness (QED) is 0.797. The molecule has 1 aromatic carbocycles. The Morgan fingerprint density at radius 2 is 1.81 bits per heavy atom. The van der Waals surface area contributed by atoms with Crippen molar-refractivity contribution in [2.75, 3.05) is 18.0 Å². The van der Waals surface area contributed by atoms with Crippen LogP contribution in [-0.2, 0) is 4.79 Å². The number of hydrogen-bond acceptors (Lipinski definition) is 5. The summed E-state index contributed by atoms with van der Waals surface area (Å²) in [5.41, 5.74) is 1.54. The van der Waals surface area contributed by atoms with E-state index in [9.17, 15) is 9.90 Å². The second-order valence-corrected chi connectivity index (χ2v) is 10.6. The number of fused-ring (bicyclic) bond motifs is 1. The van der Waals surface area contributed by atoms with E-state index in [1.165, 1.54) is 12.8 Å². The number of piperidine rings is 1. The maximum atomic E-state index is 13.1. The van der Waals surface area contributed by atoms with Gasteiger partial charge in [0.05, 0.1) is 16.8 Å². The smallest absolute Gasteiger partial charge is 0.226 e. The molecule has 0 radical (unpaired) electrons. The van der Waals surface area contributed by atoms with Crippen LogP contribution in [0.1, 0.15) is 50.6 Å². The molecular formula is C25H32N4O2. The maximum absolute atomic E-state index is 13.1. The number of aliphatic hydroxyl groups is 1. The SMILES string of the molecule is Cc1nc(N2CCC(C(=O)NC3[C@@H]4CC5C[C@@H]3CC(O)(C5)C4)CC2)nc2ccccc12. The third kappa shape index (κ3) is 3.39. The first-order chi connectivity index (χ1) is 15.0. The Morgan fingerprint density at radius 1 is 1.10 bits per heavy atom. The number of para-hydroxylation sites is 1. The number of nitrogens with one attached hydrogen (secondary N) is 1. The summed E-state index contributed by atoms with van der Waals surface area (Å²) in [5, 5.41) is 15.3. The van der Waals surface area contributed by atoms with E-state index in [0.29, 0.717) is 17.8 Å². The first-order valence-corrected chi connectivity index (χ1v) is 12.0. The second-order valence-electron chi connectivity index (χ2n) is 10.6. The molecule has 5 fully saturated rings. The molecule has 7 rings (SSSR count). The van der Waals surface area contributed by atoms with Gasteiger partial charge in [0.2, 0.25) is 11.9 Å². The second kappa shape index (κ2) is 7.16. The van der Waals surface area contributed by atoms with Crippen LogP contribution >= 0.6 is 0 Å². The zero-order valence-corrected chi connectivity index (χ0v) is 18.3. The summed E-state index contributed by atoms with van der Waals surface area (Å²) < 4.78 is 0. The molecule has 1 aromatic heterocycles. The summed E-state index contributed by atoms with van der Waals surface area (Å²) >= 11 is 0. The minimum Gasteiger partial charge on any atom is -0.390 e. The van der Waals surface area contributed by atoms with E-state index >= 15 is 0 Å². The van der Waals surface area contributed by atoms with Crippen molar-refractivity contribution < 1.29 is 9.90 Å². The van der Waals surface area contributed by atoms with Crippen LogP contribution < -0.4 is 10.2 Å². The highest BCUT2D eigenvalue weighted by Gasteiger charge is 2.55. The normalized spacial score (nSPS) is 35.0. The van der Waals surface area contributed by atoms with Crippen LogP contribution in [-0.4, -0.2) is 45.7 Å². The van der Waals surface area contributed by atoms with Crippen LogP contribution in [0, 0.1) is 30.6 Å². The van der Waals surface area contributed by atoms with Gasteiger partial charge in [0.15, 0.2) is 0 Å². The number of anilines is 1. The third-order valence-electron chi connectivity index (χ3n) is 8.48. The van der Waals surface area contributed by atoms with E-state index in [4.69, 9.17) is 9.97 Å². The van der Waals surface area contributed by atoms with Crippen LogP contribution in [0.15, 0.2) is 24.3 Å². The number of nitrogens with zero attached hydrogens (tertiary/aromatic N) is 3. The van der Waals surface area contributed by atoms with E-state index in [1.54, 1.807) is 0 Å². The number of carbonyl (C=O) groups excluding carboxylic acids is 1. The molecule has 6 heteroatoms. The van der Waals surface area contributed by atoms with Crippen LogP contribution in [0.3, 0.4) is 0 Å². The number of aromatic nitrogens is 2. The molecule has 2 heterocycles. The van der Waals surface area contributed by atoms with Crippen molar-refractivity contribution in [1.82, 2.24) is 15.3 Å². The van der Waals surface area contributed by atoms with Crippen LogP contribution in [0.2, 0.25) is 0 Å². The topological polar surface area (TPSA) is 78.4 Å². The number of carbonyl (C=O) groups is 1. The molecule has 0 spiro atoms. The average Bonchev–Trinajstić information content (AvgIpc) is 2.75. The molecule has 1 amide bonds. The third-order valence-corrected chi connectivity index (χ3v) is 8.48. The molecule has 1 aliphatic heterocycles. The summed E-state index contributed by atoms with van der Waals surface area (Å²) in [6, 6.07) is 8.40. The molecule has 31 heavy (non-hydrogen) atoms. The van der Waals surface area contributed by atoms with Gasteiger partial charge in [-0.25, -0.2) is 9.97 Å². The molecule has 4 bridgehead atoms. The predicted molar refractivity (Wildman–Crippen MR) is 120 cm³/mol. The largest absolute Gasteiger partial charge is 0.390 e. The molecule has 6 nitrogen and oxygen atoms in total. The van der Waals surface area contributed by atoms with Gasteiger partial charge in [-0.3, -0.25) is 4.79 Å². The van der Waals surface area contributed by atoms with Crippen molar-refractivity contribution in [3.63, 3.8) is 0 Å². The van der Waals surface area contributed by atoms with Crippen LogP contribution in [0.4, 0.5) is 5.95 Å². The summed E-state index contributed by atoms with van der Waals surface area (Å²) in [6.07, 6.45) is 6.78. The number of rotatable bonds is 3. The standard InChI is InChI=1S/C25H32N4O2/c1-15-20-4-2-3-5-21(20)27-24(26-15)29-8-6-17(7-9-29)23(30)28-22-18-10-16-11-19(22)14-25(31,12-16)13-18/h2-5,16-19,22,31H,6-14H2,1H3,(H,28,30)/t16?,18-,19-,22?,25?/m1/s1. The van der Waals surface area contributed by atoms with Crippen molar-refractivity contribution in [3.8, 4) is 0 Å². The lowest BCUT2D eigenvalue weighted by Crippen LogP contribution is -2.62. The van der Waals surface area contributed by atoms with Crippen LogP contribution in [0.25, 0.3) is 10.9 Å². The molecular weight excluding hydrogens is 388 g/mol. The van der Waals surface area contributed by atoms with Gasteiger partial charge in [0.25, 0.3) is 0 Å². The van der Waals surface area contributed by atoms with E-state index in [1.807, 2.05) is 25.1 Å². The lowest BCUT2D eigenvalue weighted by atomic mass is 9.52. The van der Waals surface area contributed by atoms with Gasteiger partial charge in [-0.1, -0.05) is 18.2 Å². The molecule has 1 saturated heterocycles. The fraction of sp³-hybridized carbons (Fsp3) is 0.640. The van der Waals surface area contributed by atoms with Crippen molar-refractivity contribution >= 4 is 22.8 Å². The highest BCUT2D eigenvalue weighted by Crippen LogP contribution is 2.55. The van der Waals surface area contributed by atoms with Gasteiger partial charge in [0, 0.05) is 30.4 Å². The Labute approximate surface area is 183 Å². The number of benzene rings is 1.